The highest BCUT2D eigenvalue weighted by atomic mass is 19.4. The number of ether oxygens (including phenoxy) is 1. The Balaban J connectivity index is 2.26. The molecule has 0 aliphatic carbocycles. The molecule has 0 heterocycles. The molecule has 0 saturated heterocycles. The fraction of sp³-hybridized carbons (Fsp3) is 0.133. The maximum absolute atomic E-state index is 13.2. The van der Waals surface area contributed by atoms with Gasteiger partial charge in [-0.05, 0) is 29.2 Å². The van der Waals surface area contributed by atoms with E-state index in [1.54, 1.807) is 0 Å². The molecule has 0 amide bonds. The third kappa shape index (κ3) is 3.92. The van der Waals surface area contributed by atoms with Crippen molar-refractivity contribution in [2.24, 2.45) is 0 Å². The molecule has 0 fully saturated rings. The van der Waals surface area contributed by atoms with Crippen LogP contribution in [-0.4, -0.2) is 23.5 Å². The summed E-state index contributed by atoms with van der Waals surface area (Å²) in [5.74, 6) is -1.43. The van der Waals surface area contributed by atoms with Crippen LogP contribution >= 0.6 is 0 Å². The van der Waals surface area contributed by atoms with Crippen molar-refractivity contribution in [3.05, 3.63) is 58.9 Å². The first-order valence-electron chi connectivity index (χ1n) is 6.66. The van der Waals surface area contributed by atoms with Crippen LogP contribution in [0.4, 0.5) is 17.6 Å². The summed E-state index contributed by atoms with van der Waals surface area (Å²) >= 11 is 0. The summed E-state index contributed by atoms with van der Waals surface area (Å²) < 4.78 is 56.5. The quantitative estimate of drug-likeness (QED) is 0.495. The smallest absolute Gasteiger partial charge is 0.488 e. The first kappa shape index (κ1) is 18.0. The van der Waals surface area contributed by atoms with Crippen molar-refractivity contribution in [2.45, 2.75) is 12.8 Å². The zero-order valence-electron chi connectivity index (χ0n) is 12.0. The summed E-state index contributed by atoms with van der Waals surface area (Å²) in [5, 5.41) is 18.4. The summed E-state index contributed by atoms with van der Waals surface area (Å²) in [7, 11) is -1.91. The molecule has 2 aromatic carbocycles. The molecule has 0 saturated carbocycles. The third-order valence-electron chi connectivity index (χ3n) is 3.23. The van der Waals surface area contributed by atoms with E-state index in [1.807, 2.05) is 0 Å². The summed E-state index contributed by atoms with van der Waals surface area (Å²) in [6, 6.07) is 6.44. The molecule has 2 rings (SSSR count). The molecule has 0 atom stereocenters. The van der Waals surface area contributed by atoms with Gasteiger partial charge in [-0.2, -0.15) is 13.2 Å². The maximum atomic E-state index is 13.2. The van der Waals surface area contributed by atoms with Gasteiger partial charge in [-0.1, -0.05) is 18.2 Å². The number of hydrogen-bond donors (Lipinski definition) is 2. The molecular weight excluding hydrogens is 331 g/mol. The molecule has 0 spiro atoms. The fourth-order valence-electron chi connectivity index (χ4n) is 2.08. The van der Waals surface area contributed by atoms with Gasteiger partial charge >= 0.3 is 13.3 Å². The molecule has 126 valence electrons. The lowest BCUT2D eigenvalue weighted by molar-refractivity contribution is -0.140. The van der Waals surface area contributed by atoms with Crippen LogP contribution in [0.15, 0.2) is 36.4 Å². The Hall–Kier alpha value is -2.39. The standard InChI is InChI=1S/C15H11BF4O4/c17-13-5-4-9(6-11(13)15(18,19)20)8-24-14-3-1-2-12(16(22)23)10(14)7-21/h1-7,22-23H,8H2. The van der Waals surface area contributed by atoms with E-state index in [0.717, 1.165) is 6.07 Å². The minimum absolute atomic E-state index is 0.0338. The third-order valence-corrected chi connectivity index (χ3v) is 3.23. The van der Waals surface area contributed by atoms with Gasteiger partial charge < -0.3 is 14.8 Å². The summed E-state index contributed by atoms with van der Waals surface area (Å²) in [6.07, 6.45) is -4.50. The van der Waals surface area contributed by atoms with Crippen LogP contribution in [0.25, 0.3) is 0 Å². The maximum Gasteiger partial charge on any atom is 0.489 e. The van der Waals surface area contributed by atoms with Crippen LogP contribution in [0.2, 0.25) is 0 Å². The molecule has 0 bridgehead atoms. The molecule has 9 heteroatoms. The van der Waals surface area contributed by atoms with Crippen molar-refractivity contribution in [3.8, 4) is 5.75 Å². The highest BCUT2D eigenvalue weighted by Gasteiger charge is 2.34. The Kier molecular flexibility index (Phi) is 5.25. The monoisotopic (exact) mass is 342 g/mol. The van der Waals surface area contributed by atoms with Gasteiger partial charge in [0.15, 0.2) is 6.29 Å². The number of hydrogen-bond acceptors (Lipinski definition) is 4. The van der Waals surface area contributed by atoms with E-state index in [9.17, 15) is 32.4 Å². The number of carbonyl (C=O) groups is 1. The summed E-state index contributed by atoms with van der Waals surface area (Å²) in [5.41, 5.74) is -1.61. The molecule has 4 nitrogen and oxygen atoms in total. The lowest BCUT2D eigenvalue weighted by Gasteiger charge is -2.13. The Morgan fingerprint density at radius 2 is 1.88 bits per heavy atom. The van der Waals surface area contributed by atoms with E-state index < -0.39 is 24.7 Å². The van der Waals surface area contributed by atoms with Crippen molar-refractivity contribution in [1.82, 2.24) is 0 Å². The van der Waals surface area contributed by atoms with Gasteiger partial charge in [0.2, 0.25) is 0 Å². The number of alkyl halides is 3. The molecular formula is C15H11BF4O4. The number of rotatable bonds is 5. The summed E-state index contributed by atoms with van der Waals surface area (Å²) in [6.45, 7) is -0.366. The van der Waals surface area contributed by atoms with Crippen LogP contribution in [0.5, 0.6) is 5.75 Å². The number of carbonyl (C=O) groups excluding carboxylic acids is 1. The lowest BCUT2D eigenvalue weighted by Crippen LogP contribution is -2.33. The SMILES string of the molecule is O=Cc1c(OCc2ccc(F)c(C(F)(F)F)c2)cccc1B(O)O. The second-order valence-corrected chi connectivity index (χ2v) is 4.85. The second kappa shape index (κ2) is 7.02. The van der Waals surface area contributed by atoms with Crippen molar-refractivity contribution >= 4 is 18.9 Å². The average Bonchev–Trinajstić information content (AvgIpc) is 2.52. The molecule has 0 aliphatic heterocycles. The van der Waals surface area contributed by atoms with Crippen molar-refractivity contribution < 1.29 is 37.1 Å². The van der Waals surface area contributed by atoms with Crippen molar-refractivity contribution in [1.29, 1.82) is 0 Å². The molecule has 24 heavy (non-hydrogen) atoms. The lowest BCUT2D eigenvalue weighted by atomic mass is 9.77. The molecule has 2 aromatic rings. The van der Waals surface area contributed by atoms with E-state index in [1.165, 1.54) is 18.2 Å². The van der Waals surface area contributed by atoms with E-state index in [2.05, 4.69) is 0 Å². The van der Waals surface area contributed by atoms with E-state index in [-0.39, 0.29) is 28.9 Å². The average molecular weight is 342 g/mol. The largest absolute Gasteiger partial charge is 0.489 e. The first-order chi connectivity index (χ1) is 11.2. The van der Waals surface area contributed by atoms with Gasteiger partial charge in [-0.15, -0.1) is 0 Å². The number of benzene rings is 2. The molecule has 0 aliphatic rings. The van der Waals surface area contributed by atoms with Gasteiger partial charge in [0.25, 0.3) is 0 Å². The van der Waals surface area contributed by atoms with Gasteiger partial charge in [-0.3, -0.25) is 4.79 Å². The second-order valence-electron chi connectivity index (χ2n) is 4.85. The van der Waals surface area contributed by atoms with Gasteiger partial charge in [0, 0.05) is 0 Å². The normalized spacial score (nSPS) is 11.2. The number of halogens is 4. The number of aldehydes is 1. The summed E-state index contributed by atoms with van der Waals surface area (Å²) in [4.78, 5) is 11.1. The van der Waals surface area contributed by atoms with Gasteiger partial charge in [0.05, 0.1) is 11.1 Å². The van der Waals surface area contributed by atoms with E-state index in [0.29, 0.717) is 18.4 Å². The fourth-order valence-corrected chi connectivity index (χ4v) is 2.08. The molecule has 2 N–H and O–H groups in total. The highest BCUT2D eigenvalue weighted by molar-refractivity contribution is 6.60. The minimum Gasteiger partial charge on any atom is -0.488 e. The Labute approximate surface area is 134 Å². The zero-order chi connectivity index (χ0) is 17.9. The molecule has 0 radical (unpaired) electrons. The first-order valence-corrected chi connectivity index (χ1v) is 6.66. The Morgan fingerprint density at radius 1 is 1.17 bits per heavy atom. The topological polar surface area (TPSA) is 66.8 Å². The van der Waals surface area contributed by atoms with Crippen LogP contribution in [-0.2, 0) is 12.8 Å². The highest BCUT2D eigenvalue weighted by Crippen LogP contribution is 2.32. The van der Waals surface area contributed by atoms with Crippen LogP contribution in [0.1, 0.15) is 21.5 Å². The van der Waals surface area contributed by atoms with Gasteiger partial charge in [0.1, 0.15) is 18.2 Å². The van der Waals surface area contributed by atoms with Crippen molar-refractivity contribution in [2.75, 3.05) is 0 Å². The predicted octanol–water partition coefficient (Wildman–Crippen LogP) is 1.92. The van der Waals surface area contributed by atoms with Crippen molar-refractivity contribution in [3.63, 3.8) is 0 Å². The van der Waals surface area contributed by atoms with E-state index >= 15 is 0 Å². The van der Waals surface area contributed by atoms with E-state index in [4.69, 9.17) is 4.74 Å². The Bertz CT molecular complexity index is 747. The van der Waals surface area contributed by atoms with Gasteiger partial charge in [-0.25, -0.2) is 4.39 Å². The minimum atomic E-state index is -4.84. The Morgan fingerprint density at radius 3 is 2.46 bits per heavy atom. The molecule has 0 aromatic heterocycles. The zero-order valence-corrected chi connectivity index (χ0v) is 12.0. The van der Waals surface area contributed by atoms with Crippen LogP contribution in [0.3, 0.4) is 0 Å². The van der Waals surface area contributed by atoms with Crippen LogP contribution in [0, 0.1) is 5.82 Å². The molecule has 0 unspecified atom stereocenters. The predicted molar refractivity (Wildman–Crippen MR) is 77.4 cm³/mol. The van der Waals surface area contributed by atoms with Crippen LogP contribution < -0.4 is 10.2 Å².